The molecule has 23 heavy (non-hydrogen) atoms. The molecule has 3 rings (SSSR count). The fourth-order valence-electron chi connectivity index (χ4n) is 2.86. The molecule has 3 heteroatoms. The van der Waals surface area contributed by atoms with Crippen LogP contribution in [0.4, 0.5) is 0 Å². The minimum absolute atomic E-state index is 0.612. The summed E-state index contributed by atoms with van der Waals surface area (Å²) in [6.45, 7) is 4.75. The third-order valence-corrected chi connectivity index (χ3v) is 4.31. The van der Waals surface area contributed by atoms with Crippen molar-refractivity contribution in [1.82, 2.24) is 4.90 Å². The average Bonchev–Trinajstić information content (AvgIpc) is 2.62. The van der Waals surface area contributed by atoms with E-state index >= 15 is 0 Å². The molecule has 119 valence electrons. The molecule has 3 nitrogen and oxygen atoms in total. The summed E-state index contributed by atoms with van der Waals surface area (Å²) in [5, 5.41) is 0. The monoisotopic (exact) mass is 308 g/mol. The predicted octanol–water partition coefficient (Wildman–Crippen LogP) is 2.76. The number of morpholine rings is 1. The van der Waals surface area contributed by atoms with E-state index in [0.717, 1.165) is 45.7 Å². The van der Waals surface area contributed by atoms with Gasteiger partial charge < -0.3 is 4.74 Å². The molecule has 1 fully saturated rings. The SMILES string of the molecule is O=[C]c1ccc(CCc2ccc(CN3CCOCC3)cc2)cc1. The van der Waals surface area contributed by atoms with Crippen LogP contribution in [0.3, 0.4) is 0 Å². The second-order valence-electron chi connectivity index (χ2n) is 6.00. The lowest BCUT2D eigenvalue weighted by Crippen LogP contribution is -2.35. The molecule has 0 aromatic heterocycles. The van der Waals surface area contributed by atoms with Crippen LogP contribution < -0.4 is 0 Å². The predicted molar refractivity (Wildman–Crippen MR) is 91.2 cm³/mol. The summed E-state index contributed by atoms with van der Waals surface area (Å²) in [4.78, 5) is 13.0. The van der Waals surface area contributed by atoms with Crippen LogP contribution in [-0.4, -0.2) is 37.5 Å². The van der Waals surface area contributed by atoms with Crippen molar-refractivity contribution < 1.29 is 9.53 Å². The Morgan fingerprint density at radius 2 is 1.35 bits per heavy atom. The Morgan fingerprint density at radius 3 is 1.91 bits per heavy atom. The van der Waals surface area contributed by atoms with Gasteiger partial charge in [-0.25, -0.2) is 0 Å². The van der Waals surface area contributed by atoms with Gasteiger partial charge in [0.15, 0.2) is 0 Å². The van der Waals surface area contributed by atoms with Crippen LogP contribution in [-0.2, 0) is 28.9 Å². The standard InChI is InChI=1S/C20H22NO2/c22-16-20-9-5-18(6-10-20)2-1-17-3-7-19(8-4-17)15-21-11-13-23-14-12-21/h3-10H,1-2,11-15H2. The van der Waals surface area contributed by atoms with Gasteiger partial charge in [0.05, 0.1) is 13.2 Å². The molecule has 0 aliphatic carbocycles. The molecule has 0 unspecified atom stereocenters. The summed E-state index contributed by atoms with van der Waals surface area (Å²) in [6.07, 6.45) is 3.91. The number of aryl methyl sites for hydroxylation is 2. The molecular weight excluding hydrogens is 286 g/mol. The van der Waals surface area contributed by atoms with Crippen molar-refractivity contribution in [3.8, 4) is 0 Å². The van der Waals surface area contributed by atoms with Crippen molar-refractivity contribution in [2.24, 2.45) is 0 Å². The van der Waals surface area contributed by atoms with Crippen LogP contribution in [0.2, 0.25) is 0 Å². The number of ether oxygens (including phenoxy) is 1. The lowest BCUT2D eigenvalue weighted by atomic mass is 10.0. The summed E-state index contributed by atoms with van der Waals surface area (Å²) in [5.41, 5.74) is 4.57. The topological polar surface area (TPSA) is 29.5 Å². The smallest absolute Gasteiger partial charge is 0.233 e. The highest BCUT2D eigenvalue weighted by molar-refractivity contribution is 5.75. The molecule has 0 amide bonds. The molecule has 0 saturated carbocycles. The van der Waals surface area contributed by atoms with Crippen LogP contribution in [0.1, 0.15) is 22.3 Å². The zero-order valence-corrected chi connectivity index (χ0v) is 13.3. The normalized spacial score (nSPS) is 15.5. The third-order valence-electron chi connectivity index (χ3n) is 4.31. The maximum atomic E-state index is 10.5. The van der Waals surface area contributed by atoms with Crippen LogP contribution in [0.25, 0.3) is 0 Å². The lowest BCUT2D eigenvalue weighted by Gasteiger charge is -2.26. The van der Waals surface area contributed by atoms with E-state index < -0.39 is 0 Å². The molecule has 0 bridgehead atoms. The first-order chi connectivity index (χ1) is 11.3. The molecule has 1 saturated heterocycles. The van der Waals surface area contributed by atoms with E-state index in [9.17, 15) is 4.79 Å². The van der Waals surface area contributed by atoms with Gasteiger partial charge in [-0.15, -0.1) is 0 Å². The lowest BCUT2D eigenvalue weighted by molar-refractivity contribution is 0.0342. The van der Waals surface area contributed by atoms with Crippen molar-refractivity contribution in [3.63, 3.8) is 0 Å². The second kappa shape index (κ2) is 8.04. The summed E-state index contributed by atoms with van der Waals surface area (Å²) in [5.74, 6) is 0. The summed E-state index contributed by atoms with van der Waals surface area (Å²) in [6, 6.07) is 16.6. The van der Waals surface area contributed by atoms with E-state index in [1.165, 1.54) is 16.7 Å². The molecule has 0 spiro atoms. The minimum atomic E-state index is 0.612. The molecule has 1 radical (unpaired) electrons. The third kappa shape index (κ3) is 4.75. The van der Waals surface area contributed by atoms with Crippen molar-refractivity contribution in [3.05, 3.63) is 70.8 Å². The molecule has 1 heterocycles. The number of nitrogens with zero attached hydrogens (tertiary/aromatic N) is 1. The largest absolute Gasteiger partial charge is 0.379 e. The fraction of sp³-hybridized carbons (Fsp3) is 0.350. The summed E-state index contributed by atoms with van der Waals surface area (Å²) < 4.78 is 5.38. The Hall–Kier alpha value is -1.97. The first-order valence-electron chi connectivity index (χ1n) is 8.18. The molecular formula is C20H22NO2. The maximum absolute atomic E-state index is 10.5. The highest BCUT2D eigenvalue weighted by Gasteiger charge is 2.10. The molecule has 1 aliphatic heterocycles. The number of hydrogen-bond acceptors (Lipinski definition) is 3. The number of rotatable bonds is 6. The fourth-order valence-corrected chi connectivity index (χ4v) is 2.86. The maximum Gasteiger partial charge on any atom is 0.233 e. The Balaban J connectivity index is 1.51. The minimum Gasteiger partial charge on any atom is -0.379 e. The van der Waals surface area contributed by atoms with E-state index in [1.54, 1.807) is 0 Å². The number of benzene rings is 2. The highest BCUT2D eigenvalue weighted by Crippen LogP contribution is 2.12. The summed E-state index contributed by atoms with van der Waals surface area (Å²) in [7, 11) is 0. The van der Waals surface area contributed by atoms with Crippen molar-refractivity contribution in [2.75, 3.05) is 26.3 Å². The number of hydrogen-bond donors (Lipinski definition) is 0. The van der Waals surface area contributed by atoms with Crippen LogP contribution >= 0.6 is 0 Å². The van der Waals surface area contributed by atoms with Crippen molar-refractivity contribution in [1.29, 1.82) is 0 Å². The van der Waals surface area contributed by atoms with Crippen molar-refractivity contribution >= 4 is 6.29 Å². The Labute approximate surface area is 137 Å². The van der Waals surface area contributed by atoms with E-state index in [0.29, 0.717) is 5.56 Å². The Morgan fingerprint density at radius 1 is 0.826 bits per heavy atom. The van der Waals surface area contributed by atoms with E-state index in [1.807, 2.05) is 30.6 Å². The van der Waals surface area contributed by atoms with Gasteiger partial charge in [-0.05, 0) is 29.5 Å². The van der Waals surface area contributed by atoms with E-state index in [2.05, 4.69) is 29.2 Å². The van der Waals surface area contributed by atoms with E-state index in [4.69, 9.17) is 4.74 Å². The zero-order valence-electron chi connectivity index (χ0n) is 13.3. The van der Waals surface area contributed by atoms with Crippen molar-refractivity contribution in [2.45, 2.75) is 19.4 Å². The number of carbonyl (C=O) groups excluding carboxylic acids is 1. The average molecular weight is 308 g/mol. The van der Waals surface area contributed by atoms with Gasteiger partial charge >= 0.3 is 0 Å². The zero-order chi connectivity index (χ0) is 15.9. The summed E-state index contributed by atoms with van der Waals surface area (Å²) >= 11 is 0. The first kappa shape index (κ1) is 15.9. The van der Waals surface area contributed by atoms with Gasteiger partial charge in [-0.3, -0.25) is 9.69 Å². The van der Waals surface area contributed by atoms with Gasteiger partial charge in [0.2, 0.25) is 6.29 Å². The molecule has 2 aromatic carbocycles. The Kier molecular flexibility index (Phi) is 5.56. The van der Waals surface area contributed by atoms with Gasteiger partial charge in [-0.2, -0.15) is 0 Å². The molecule has 0 atom stereocenters. The van der Waals surface area contributed by atoms with Crippen LogP contribution in [0, 0.1) is 0 Å². The molecule has 2 aromatic rings. The highest BCUT2D eigenvalue weighted by atomic mass is 16.5. The second-order valence-corrected chi connectivity index (χ2v) is 6.00. The molecule has 0 N–H and O–H groups in total. The van der Waals surface area contributed by atoms with Gasteiger partial charge in [0, 0.05) is 25.2 Å². The Bertz CT molecular complexity index is 613. The van der Waals surface area contributed by atoms with Crippen LogP contribution in [0.5, 0.6) is 0 Å². The van der Waals surface area contributed by atoms with Gasteiger partial charge in [0.25, 0.3) is 0 Å². The van der Waals surface area contributed by atoms with Gasteiger partial charge in [-0.1, -0.05) is 48.5 Å². The van der Waals surface area contributed by atoms with Gasteiger partial charge in [0.1, 0.15) is 0 Å². The molecule has 1 aliphatic rings. The van der Waals surface area contributed by atoms with Crippen LogP contribution in [0.15, 0.2) is 48.5 Å². The first-order valence-corrected chi connectivity index (χ1v) is 8.18. The van der Waals surface area contributed by atoms with E-state index in [-0.39, 0.29) is 0 Å². The quantitative estimate of drug-likeness (QED) is 0.822.